The standard InChI is InChI=1S/C21H27N3O5/c1-22-19(25)10-14-6-7-16-18(29-14)11-28-17-8-5-13(23-20(26)12-3-4-12)9-15(17)21(27)24(16)2/h5,8-9,12,14,16,18H,3-4,6-7,10-11H2,1-2H3,(H,22,25)(H,23,26)/t14-,16-,18-/m1/s1. The minimum absolute atomic E-state index is 0.000388. The summed E-state index contributed by atoms with van der Waals surface area (Å²) in [6.07, 6.45) is 3.12. The van der Waals surface area contributed by atoms with Gasteiger partial charge in [0.05, 0.1) is 24.1 Å². The largest absolute Gasteiger partial charge is 0.490 e. The van der Waals surface area contributed by atoms with Gasteiger partial charge in [0.1, 0.15) is 18.5 Å². The molecule has 29 heavy (non-hydrogen) atoms. The fraction of sp³-hybridized carbons (Fsp3) is 0.571. The molecule has 1 aromatic carbocycles. The zero-order valence-electron chi connectivity index (χ0n) is 16.8. The second kappa shape index (κ2) is 8.02. The van der Waals surface area contributed by atoms with E-state index in [4.69, 9.17) is 9.47 Å². The lowest BCUT2D eigenvalue weighted by Crippen LogP contribution is -2.53. The van der Waals surface area contributed by atoms with E-state index in [1.54, 1.807) is 37.2 Å². The van der Waals surface area contributed by atoms with Crippen molar-refractivity contribution in [2.24, 2.45) is 5.92 Å². The fourth-order valence-electron chi connectivity index (χ4n) is 4.00. The van der Waals surface area contributed by atoms with Crippen LogP contribution in [0.15, 0.2) is 18.2 Å². The van der Waals surface area contributed by atoms with Crippen molar-refractivity contribution in [3.05, 3.63) is 23.8 Å². The molecule has 3 amide bonds. The fourth-order valence-corrected chi connectivity index (χ4v) is 4.00. The lowest BCUT2D eigenvalue weighted by molar-refractivity contribution is -0.133. The maximum Gasteiger partial charge on any atom is 0.257 e. The molecule has 2 fully saturated rings. The molecule has 8 nitrogen and oxygen atoms in total. The molecule has 2 aliphatic heterocycles. The van der Waals surface area contributed by atoms with Crippen LogP contribution in [0.25, 0.3) is 0 Å². The molecule has 0 bridgehead atoms. The molecule has 0 spiro atoms. The van der Waals surface area contributed by atoms with Crippen LogP contribution in [0.4, 0.5) is 5.69 Å². The van der Waals surface area contributed by atoms with Gasteiger partial charge in [-0.05, 0) is 43.9 Å². The predicted octanol–water partition coefficient (Wildman–Crippen LogP) is 1.55. The molecule has 0 aromatic heterocycles. The molecule has 156 valence electrons. The quantitative estimate of drug-likeness (QED) is 0.798. The first-order chi connectivity index (χ1) is 14.0. The number of benzene rings is 1. The molecule has 8 heteroatoms. The van der Waals surface area contributed by atoms with Crippen LogP contribution in [0.2, 0.25) is 0 Å². The van der Waals surface area contributed by atoms with Gasteiger partial charge in [0.2, 0.25) is 11.8 Å². The van der Waals surface area contributed by atoms with E-state index in [1.165, 1.54) is 0 Å². The molecule has 2 N–H and O–H groups in total. The summed E-state index contributed by atoms with van der Waals surface area (Å²) in [5.74, 6) is 0.345. The first-order valence-corrected chi connectivity index (χ1v) is 10.2. The number of hydrogen-bond acceptors (Lipinski definition) is 5. The summed E-state index contributed by atoms with van der Waals surface area (Å²) in [6, 6.07) is 5.03. The number of anilines is 1. The Bertz CT molecular complexity index is 823. The summed E-state index contributed by atoms with van der Waals surface area (Å²) >= 11 is 0. The Hall–Kier alpha value is -2.61. The monoisotopic (exact) mass is 401 g/mol. The van der Waals surface area contributed by atoms with Crippen molar-refractivity contribution in [1.82, 2.24) is 10.2 Å². The van der Waals surface area contributed by atoms with Crippen molar-refractivity contribution in [2.75, 3.05) is 26.0 Å². The maximum absolute atomic E-state index is 13.1. The van der Waals surface area contributed by atoms with Crippen LogP contribution in [0.3, 0.4) is 0 Å². The third-order valence-corrected chi connectivity index (χ3v) is 5.92. The third-order valence-electron chi connectivity index (χ3n) is 5.92. The lowest BCUT2D eigenvalue weighted by Gasteiger charge is -2.42. The minimum atomic E-state index is -0.297. The van der Waals surface area contributed by atoms with Crippen LogP contribution >= 0.6 is 0 Å². The van der Waals surface area contributed by atoms with Gasteiger partial charge in [0, 0.05) is 25.7 Å². The van der Waals surface area contributed by atoms with Crippen LogP contribution < -0.4 is 15.4 Å². The summed E-state index contributed by atoms with van der Waals surface area (Å²) in [5, 5.41) is 5.50. The summed E-state index contributed by atoms with van der Waals surface area (Å²) in [4.78, 5) is 38.6. The van der Waals surface area contributed by atoms with E-state index < -0.39 is 0 Å². The third kappa shape index (κ3) is 4.22. The highest BCUT2D eigenvalue weighted by Crippen LogP contribution is 2.34. The summed E-state index contributed by atoms with van der Waals surface area (Å²) < 4.78 is 12.0. The molecule has 1 saturated carbocycles. The van der Waals surface area contributed by atoms with Gasteiger partial charge < -0.3 is 25.0 Å². The Morgan fingerprint density at radius 1 is 1.21 bits per heavy atom. The second-order valence-corrected chi connectivity index (χ2v) is 8.02. The van der Waals surface area contributed by atoms with E-state index in [2.05, 4.69) is 10.6 Å². The number of amides is 3. The van der Waals surface area contributed by atoms with Gasteiger partial charge in [-0.1, -0.05) is 0 Å². The van der Waals surface area contributed by atoms with E-state index in [9.17, 15) is 14.4 Å². The number of nitrogens with zero attached hydrogens (tertiary/aromatic N) is 1. The Balaban J connectivity index is 1.51. The molecular formula is C21H27N3O5. The van der Waals surface area contributed by atoms with Crippen molar-refractivity contribution in [1.29, 1.82) is 0 Å². The topological polar surface area (TPSA) is 97.0 Å². The van der Waals surface area contributed by atoms with Crippen LogP contribution in [0.5, 0.6) is 5.75 Å². The maximum atomic E-state index is 13.1. The average Bonchev–Trinajstić information content (AvgIpc) is 3.56. The number of carbonyl (C=O) groups is 3. The van der Waals surface area contributed by atoms with Gasteiger partial charge in [-0.25, -0.2) is 0 Å². The zero-order chi connectivity index (χ0) is 20.5. The molecule has 4 rings (SSSR count). The van der Waals surface area contributed by atoms with Gasteiger partial charge >= 0.3 is 0 Å². The molecule has 1 saturated heterocycles. The number of ether oxygens (including phenoxy) is 2. The van der Waals surface area contributed by atoms with Crippen molar-refractivity contribution < 1.29 is 23.9 Å². The molecule has 0 unspecified atom stereocenters. The molecular weight excluding hydrogens is 374 g/mol. The van der Waals surface area contributed by atoms with Gasteiger partial charge in [0.25, 0.3) is 5.91 Å². The Labute approximate surface area is 169 Å². The first-order valence-electron chi connectivity index (χ1n) is 10.2. The normalized spacial score (nSPS) is 26.3. The first kappa shape index (κ1) is 19.7. The van der Waals surface area contributed by atoms with Crippen molar-refractivity contribution in [2.45, 2.75) is 50.4 Å². The molecule has 0 radical (unpaired) electrons. The molecule has 1 aliphatic carbocycles. The van der Waals surface area contributed by atoms with E-state index in [1.807, 2.05) is 0 Å². The number of rotatable bonds is 4. The minimum Gasteiger partial charge on any atom is -0.490 e. The number of carbonyl (C=O) groups excluding carboxylic acids is 3. The Morgan fingerprint density at radius 3 is 2.72 bits per heavy atom. The number of hydrogen-bond donors (Lipinski definition) is 2. The highest BCUT2D eigenvalue weighted by atomic mass is 16.5. The second-order valence-electron chi connectivity index (χ2n) is 8.02. The zero-order valence-corrected chi connectivity index (χ0v) is 16.8. The average molecular weight is 401 g/mol. The van der Waals surface area contributed by atoms with Crippen molar-refractivity contribution >= 4 is 23.4 Å². The van der Waals surface area contributed by atoms with Crippen LogP contribution in [-0.4, -0.2) is 61.6 Å². The number of fused-ring (bicyclic) bond motifs is 2. The van der Waals surface area contributed by atoms with Gasteiger partial charge in [-0.3, -0.25) is 14.4 Å². The lowest BCUT2D eigenvalue weighted by atomic mass is 9.94. The van der Waals surface area contributed by atoms with Crippen molar-refractivity contribution in [3.8, 4) is 5.75 Å². The molecule has 3 atom stereocenters. The van der Waals surface area contributed by atoms with E-state index >= 15 is 0 Å². The number of likely N-dealkylation sites (N-methyl/N-ethyl adjacent to an activating group) is 1. The van der Waals surface area contributed by atoms with Gasteiger partial charge in [-0.2, -0.15) is 0 Å². The summed E-state index contributed by atoms with van der Waals surface area (Å²) in [6.45, 7) is 0.299. The number of nitrogens with one attached hydrogen (secondary N) is 2. The Kier molecular flexibility index (Phi) is 5.45. The van der Waals surface area contributed by atoms with Crippen LogP contribution in [0, 0.1) is 5.92 Å². The van der Waals surface area contributed by atoms with E-state index in [0.717, 1.165) is 19.3 Å². The smallest absolute Gasteiger partial charge is 0.257 e. The van der Waals surface area contributed by atoms with Crippen molar-refractivity contribution in [3.63, 3.8) is 0 Å². The summed E-state index contributed by atoms with van der Waals surface area (Å²) in [5.41, 5.74) is 1.04. The van der Waals surface area contributed by atoms with Crippen LogP contribution in [-0.2, 0) is 14.3 Å². The molecule has 2 heterocycles. The van der Waals surface area contributed by atoms with Gasteiger partial charge in [0.15, 0.2) is 0 Å². The predicted molar refractivity (Wildman–Crippen MR) is 106 cm³/mol. The molecule has 1 aromatic rings. The Morgan fingerprint density at radius 2 is 2.00 bits per heavy atom. The van der Waals surface area contributed by atoms with E-state index in [-0.39, 0.29) is 41.9 Å². The van der Waals surface area contributed by atoms with Gasteiger partial charge in [-0.15, -0.1) is 0 Å². The highest BCUT2D eigenvalue weighted by molar-refractivity contribution is 6.00. The molecule has 3 aliphatic rings. The summed E-state index contributed by atoms with van der Waals surface area (Å²) in [7, 11) is 3.38. The van der Waals surface area contributed by atoms with E-state index in [0.29, 0.717) is 36.4 Å². The van der Waals surface area contributed by atoms with Crippen LogP contribution in [0.1, 0.15) is 42.5 Å². The highest BCUT2D eigenvalue weighted by Gasteiger charge is 2.39. The SMILES string of the molecule is CNC(=O)C[C@H]1CC[C@@H]2[C@@H](COc3ccc(NC(=O)C4CC4)cc3C(=O)N2C)O1.